The Morgan fingerprint density at radius 2 is 1.93 bits per heavy atom. The largest absolute Gasteiger partial charge is 0.268 e. The Morgan fingerprint density at radius 1 is 1.14 bits per heavy atom. The summed E-state index contributed by atoms with van der Waals surface area (Å²) in [5.74, 6) is 0. The van der Waals surface area contributed by atoms with Gasteiger partial charge in [-0.25, -0.2) is 0 Å². The van der Waals surface area contributed by atoms with Gasteiger partial charge in [-0.2, -0.15) is 5.10 Å². The van der Waals surface area contributed by atoms with Crippen LogP contribution in [0.4, 0.5) is 0 Å². The van der Waals surface area contributed by atoms with E-state index in [4.69, 9.17) is 0 Å². The summed E-state index contributed by atoms with van der Waals surface area (Å²) in [7, 11) is 0. The molecule has 0 unspecified atom stereocenters. The van der Waals surface area contributed by atoms with Gasteiger partial charge >= 0.3 is 0 Å². The fourth-order valence-electron chi connectivity index (χ4n) is 1.45. The quantitative estimate of drug-likeness (QED) is 0.720. The molecule has 14 heavy (non-hydrogen) atoms. The van der Waals surface area contributed by atoms with Gasteiger partial charge in [-0.15, -0.1) is 0 Å². The maximum Gasteiger partial charge on any atom is 0.0659 e. The number of hydrogen-bond acceptors (Lipinski definition) is 1. The zero-order valence-corrected chi connectivity index (χ0v) is 8.35. The van der Waals surface area contributed by atoms with E-state index >= 15 is 0 Å². The van der Waals surface area contributed by atoms with Crippen LogP contribution < -0.4 is 0 Å². The highest BCUT2D eigenvalue weighted by Gasteiger charge is 1.96. The normalized spacial score (nSPS) is 10.4. The molecule has 0 saturated carbocycles. The van der Waals surface area contributed by atoms with E-state index < -0.39 is 0 Å². The van der Waals surface area contributed by atoms with E-state index in [1.54, 1.807) is 0 Å². The summed E-state index contributed by atoms with van der Waals surface area (Å²) in [5, 5.41) is 4.30. The van der Waals surface area contributed by atoms with Crippen LogP contribution in [0.25, 0.3) is 0 Å². The van der Waals surface area contributed by atoms with Crippen LogP contribution in [-0.2, 0) is 13.0 Å². The number of aromatic nitrogens is 2. The third kappa shape index (κ3) is 2.02. The maximum atomic E-state index is 4.30. The molecule has 2 rings (SSSR count). The molecule has 0 aliphatic heterocycles. The Labute approximate surface area is 84.2 Å². The standard InChI is InChI=1S/C12H14N2/c1-2-11-8-13-14(9-11)10-12-6-4-3-5-7-12/h3-9H,2,10H2,1H3. The number of nitrogens with zero attached hydrogens (tertiary/aromatic N) is 2. The van der Waals surface area contributed by atoms with Gasteiger partial charge in [0.05, 0.1) is 12.7 Å². The predicted molar refractivity (Wildman–Crippen MR) is 57.1 cm³/mol. The number of aryl methyl sites for hydroxylation is 1. The van der Waals surface area contributed by atoms with Crippen molar-refractivity contribution >= 4 is 0 Å². The minimum absolute atomic E-state index is 0.862. The second-order valence-electron chi connectivity index (χ2n) is 3.39. The molecule has 2 heteroatoms. The lowest BCUT2D eigenvalue weighted by atomic mass is 10.2. The van der Waals surface area contributed by atoms with Gasteiger partial charge in [0.1, 0.15) is 0 Å². The molecule has 0 atom stereocenters. The van der Waals surface area contributed by atoms with Gasteiger partial charge in [0.25, 0.3) is 0 Å². The van der Waals surface area contributed by atoms with Crippen molar-refractivity contribution in [1.82, 2.24) is 9.78 Å². The van der Waals surface area contributed by atoms with Crippen molar-refractivity contribution in [3.8, 4) is 0 Å². The second kappa shape index (κ2) is 4.09. The summed E-state index contributed by atoms with van der Waals surface area (Å²) in [5.41, 5.74) is 2.58. The molecule has 1 heterocycles. The molecule has 0 fully saturated rings. The first-order chi connectivity index (χ1) is 6.88. The fourth-order valence-corrected chi connectivity index (χ4v) is 1.45. The van der Waals surface area contributed by atoms with Crippen LogP contribution in [-0.4, -0.2) is 9.78 Å². The summed E-state index contributed by atoms with van der Waals surface area (Å²) in [4.78, 5) is 0. The third-order valence-corrected chi connectivity index (χ3v) is 2.28. The molecule has 0 radical (unpaired) electrons. The van der Waals surface area contributed by atoms with Crippen LogP contribution in [0.3, 0.4) is 0 Å². The van der Waals surface area contributed by atoms with E-state index in [0.717, 1.165) is 13.0 Å². The lowest BCUT2D eigenvalue weighted by Gasteiger charge is -2.00. The van der Waals surface area contributed by atoms with Crippen molar-refractivity contribution in [1.29, 1.82) is 0 Å². The monoisotopic (exact) mass is 186 g/mol. The van der Waals surface area contributed by atoms with E-state index in [9.17, 15) is 0 Å². The van der Waals surface area contributed by atoms with Gasteiger partial charge < -0.3 is 0 Å². The van der Waals surface area contributed by atoms with Crippen LogP contribution in [0.5, 0.6) is 0 Å². The summed E-state index contributed by atoms with van der Waals surface area (Å²) in [6.45, 7) is 3.00. The summed E-state index contributed by atoms with van der Waals surface area (Å²) < 4.78 is 1.98. The van der Waals surface area contributed by atoms with Crippen LogP contribution in [0.15, 0.2) is 42.7 Å². The molecule has 0 spiro atoms. The van der Waals surface area contributed by atoms with Gasteiger partial charge in [0.2, 0.25) is 0 Å². The molecule has 2 nitrogen and oxygen atoms in total. The van der Waals surface area contributed by atoms with E-state index in [1.165, 1.54) is 11.1 Å². The molecule has 72 valence electrons. The average molecular weight is 186 g/mol. The van der Waals surface area contributed by atoms with Crippen LogP contribution >= 0.6 is 0 Å². The zero-order chi connectivity index (χ0) is 9.80. The minimum Gasteiger partial charge on any atom is -0.268 e. The Bertz CT molecular complexity index is 390. The molecule has 1 aromatic heterocycles. The molecule has 0 bridgehead atoms. The van der Waals surface area contributed by atoms with E-state index in [1.807, 2.05) is 16.9 Å². The molecule has 0 aliphatic carbocycles. The molecule has 0 amide bonds. The number of hydrogen-bond donors (Lipinski definition) is 0. The Balaban J connectivity index is 2.11. The maximum absolute atomic E-state index is 4.30. The van der Waals surface area contributed by atoms with Gasteiger partial charge in [-0.05, 0) is 17.5 Å². The molecule has 0 N–H and O–H groups in total. The summed E-state index contributed by atoms with van der Waals surface area (Å²) in [6.07, 6.45) is 5.09. The molecular weight excluding hydrogens is 172 g/mol. The molecule has 0 aliphatic rings. The molecule has 2 aromatic rings. The topological polar surface area (TPSA) is 17.8 Å². The van der Waals surface area contributed by atoms with Crippen LogP contribution in [0, 0.1) is 0 Å². The van der Waals surface area contributed by atoms with E-state index in [-0.39, 0.29) is 0 Å². The lowest BCUT2D eigenvalue weighted by molar-refractivity contribution is 0.686. The Hall–Kier alpha value is -1.57. The highest BCUT2D eigenvalue weighted by atomic mass is 15.3. The van der Waals surface area contributed by atoms with E-state index in [2.05, 4.69) is 42.5 Å². The van der Waals surface area contributed by atoms with Gasteiger partial charge in [0, 0.05) is 6.20 Å². The van der Waals surface area contributed by atoms with Crippen molar-refractivity contribution in [3.05, 3.63) is 53.9 Å². The SMILES string of the molecule is CCc1cnn(Cc2ccccc2)c1. The van der Waals surface area contributed by atoms with Crippen molar-refractivity contribution in [3.63, 3.8) is 0 Å². The summed E-state index contributed by atoms with van der Waals surface area (Å²) >= 11 is 0. The molecule has 0 saturated heterocycles. The summed E-state index contributed by atoms with van der Waals surface area (Å²) in [6, 6.07) is 10.4. The number of rotatable bonds is 3. The van der Waals surface area contributed by atoms with Gasteiger partial charge in [0.15, 0.2) is 0 Å². The van der Waals surface area contributed by atoms with E-state index in [0.29, 0.717) is 0 Å². The van der Waals surface area contributed by atoms with Crippen molar-refractivity contribution in [2.45, 2.75) is 19.9 Å². The lowest BCUT2D eigenvalue weighted by Crippen LogP contribution is -1.99. The highest BCUT2D eigenvalue weighted by Crippen LogP contribution is 2.03. The van der Waals surface area contributed by atoms with Crippen molar-refractivity contribution < 1.29 is 0 Å². The smallest absolute Gasteiger partial charge is 0.0659 e. The molecular formula is C12H14N2. The predicted octanol–water partition coefficient (Wildman–Crippen LogP) is 2.49. The number of benzene rings is 1. The average Bonchev–Trinajstić information content (AvgIpc) is 2.67. The fraction of sp³-hybridized carbons (Fsp3) is 0.250. The second-order valence-corrected chi connectivity index (χ2v) is 3.39. The van der Waals surface area contributed by atoms with Crippen molar-refractivity contribution in [2.75, 3.05) is 0 Å². The Morgan fingerprint density at radius 3 is 2.57 bits per heavy atom. The highest BCUT2D eigenvalue weighted by molar-refractivity contribution is 5.15. The molecule has 1 aromatic carbocycles. The first-order valence-corrected chi connectivity index (χ1v) is 4.93. The first-order valence-electron chi connectivity index (χ1n) is 4.93. The minimum atomic E-state index is 0.862. The van der Waals surface area contributed by atoms with Crippen LogP contribution in [0.2, 0.25) is 0 Å². The van der Waals surface area contributed by atoms with Gasteiger partial charge in [-0.1, -0.05) is 37.3 Å². The van der Waals surface area contributed by atoms with Gasteiger partial charge in [-0.3, -0.25) is 4.68 Å². The Kier molecular flexibility index (Phi) is 2.63. The van der Waals surface area contributed by atoms with Crippen molar-refractivity contribution in [2.24, 2.45) is 0 Å². The third-order valence-electron chi connectivity index (χ3n) is 2.28. The first kappa shape index (κ1) is 9.00. The van der Waals surface area contributed by atoms with Crippen LogP contribution in [0.1, 0.15) is 18.1 Å². The zero-order valence-electron chi connectivity index (χ0n) is 8.35.